The minimum Gasteiger partial charge on any atom is -0.469 e. The molecule has 1 aromatic rings. The average molecular weight is 310 g/mol. The zero-order valence-corrected chi connectivity index (χ0v) is 13.4. The maximum Gasteiger partial charge on any atom is 0.308 e. The first kappa shape index (κ1) is 15.9. The number of aromatic nitrogens is 1. The number of hydrogen-bond acceptors (Lipinski definition) is 5. The van der Waals surface area contributed by atoms with Crippen LogP contribution < -0.4 is 5.32 Å². The van der Waals surface area contributed by atoms with Crippen molar-refractivity contribution in [3.05, 3.63) is 10.6 Å². The highest BCUT2D eigenvalue weighted by atomic mass is 32.1. The van der Waals surface area contributed by atoms with Crippen molar-refractivity contribution < 1.29 is 14.3 Å². The maximum atomic E-state index is 11.9. The van der Waals surface area contributed by atoms with Gasteiger partial charge in [-0.25, -0.2) is 4.98 Å². The van der Waals surface area contributed by atoms with Crippen LogP contribution in [0.5, 0.6) is 0 Å². The summed E-state index contributed by atoms with van der Waals surface area (Å²) in [4.78, 5) is 29.1. The van der Waals surface area contributed by atoms with E-state index in [1.54, 1.807) is 18.3 Å². The number of aryl methyl sites for hydroxylation is 2. The molecule has 1 heterocycles. The van der Waals surface area contributed by atoms with Gasteiger partial charge >= 0.3 is 5.97 Å². The third-order valence-corrected chi connectivity index (χ3v) is 4.76. The van der Waals surface area contributed by atoms with Crippen LogP contribution in [0.25, 0.3) is 0 Å². The number of carbonyl (C=O) groups is 2. The summed E-state index contributed by atoms with van der Waals surface area (Å²) in [5.74, 6) is -0.984. The number of esters is 1. The molecule has 1 atom stereocenters. The Kier molecular flexibility index (Phi) is 5.73. The summed E-state index contributed by atoms with van der Waals surface area (Å²) in [5.41, 5.74) is 1.14. The number of nitrogens with one attached hydrogen (secondary N) is 1. The molecule has 21 heavy (non-hydrogen) atoms. The van der Waals surface area contributed by atoms with E-state index in [9.17, 15) is 9.59 Å². The Hall–Kier alpha value is -1.43. The predicted octanol–water partition coefficient (Wildman–Crippen LogP) is 2.94. The number of nitrogens with zero attached hydrogens (tertiary/aromatic N) is 1. The molecule has 1 N–H and O–H groups in total. The van der Waals surface area contributed by atoms with Gasteiger partial charge in [-0.05, 0) is 25.7 Å². The fourth-order valence-electron chi connectivity index (χ4n) is 2.49. The molecule has 5 nitrogen and oxygen atoms in total. The second-order valence-electron chi connectivity index (χ2n) is 5.48. The molecule has 0 saturated heterocycles. The summed E-state index contributed by atoms with van der Waals surface area (Å²) < 4.78 is 4.63. The summed E-state index contributed by atoms with van der Waals surface area (Å²) in [7, 11) is 1.33. The first-order valence-electron chi connectivity index (χ1n) is 7.46. The van der Waals surface area contributed by atoms with E-state index < -0.39 is 5.92 Å². The lowest BCUT2D eigenvalue weighted by molar-refractivity contribution is -0.146. The molecule has 0 aliphatic heterocycles. The van der Waals surface area contributed by atoms with Gasteiger partial charge in [-0.15, -0.1) is 11.3 Å². The average Bonchev–Trinajstić information content (AvgIpc) is 2.78. The molecule has 1 aliphatic carbocycles. The molecule has 2 rings (SSSR count). The van der Waals surface area contributed by atoms with E-state index >= 15 is 0 Å². The van der Waals surface area contributed by atoms with Crippen molar-refractivity contribution in [3.8, 4) is 0 Å². The molecule has 6 heteroatoms. The van der Waals surface area contributed by atoms with Crippen LogP contribution in [-0.2, 0) is 27.2 Å². The number of anilines is 1. The van der Waals surface area contributed by atoms with E-state index in [1.807, 2.05) is 0 Å². The number of fused-ring (bicyclic) bond motifs is 1. The lowest BCUT2D eigenvalue weighted by atomic mass is 10.0. The number of thiazole rings is 1. The van der Waals surface area contributed by atoms with Crippen molar-refractivity contribution in [2.75, 3.05) is 12.4 Å². The molecule has 116 valence electrons. The molecule has 1 amide bonds. The zero-order valence-electron chi connectivity index (χ0n) is 12.6. The van der Waals surface area contributed by atoms with E-state index in [1.165, 1.54) is 37.7 Å². The first-order valence-corrected chi connectivity index (χ1v) is 8.28. The van der Waals surface area contributed by atoms with Crippen LogP contribution in [0.1, 0.15) is 49.6 Å². The van der Waals surface area contributed by atoms with Gasteiger partial charge in [-0.1, -0.05) is 19.8 Å². The molecule has 1 aromatic heterocycles. The minimum atomic E-state index is -0.434. The number of amides is 1. The van der Waals surface area contributed by atoms with Crippen LogP contribution in [0.2, 0.25) is 0 Å². The van der Waals surface area contributed by atoms with Crippen LogP contribution in [0.4, 0.5) is 5.13 Å². The third-order valence-electron chi connectivity index (χ3n) is 3.69. The van der Waals surface area contributed by atoms with Crippen molar-refractivity contribution in [3.63, 3.8) is 0 Å². The quantitative estimate of drug-likeness (QED) is 0.868. The lowest BCUT2D eigenvalue weighted by Crippen LogP contribution is -2.21. The van der Waals surface area contributed by atoms with E-state index in [0.29, 0.717) is 5.13 Å². The highest BCUT2D eigenvalue weighted by Gasteiger charge is 2.19. The molecule has 0 saturated carbocycles. The smallest absolute Gasteiger partial charge is 0.308 e. The summed E-state index contributed by atoms with van der Waals surface area (Å²) >= 11 is 1.57. The molecule has 1 aliphatic rings. The van der Waals surface area contributed by atoms with Gasteiger partial charge in [0.2, 0.25) is 5.91 Å². The second-order valence-corrected chi connectivity index (χ2v) is 6.56. The molecular weight excluding hydrogens is 288 g/mol. The number of carbonyl (C=O) groups excluding carboxylic acids is 2. The van der Waals surface area contributed by atoms with Crippen molar-refractivity contribution in [1.82, 2.24) is 4.98 Å². The van der Waals surface area contributed by atoms with E-state index in [0.717, 1.165) is 18.5 Å². The second kappa shape index (κ2) is 7.54. The zero-order chi connectivity index (χ0) is 15.2. The number of methoxy groups -OCH3 is 1. The Balaban J connectivity index is 1.95. The SMILES string of the molecule is COC(=O)[C@H](C)CC(=O)Nc1nc2c(s1)CCCCCC2. The number of ether oxygens (including phenoxy) is 1. The largest absolute Gasteiger partial charge is 0.469 e. The molecule has 0 spiro atoms. The van der Waals surface area contributed by atoms with Crippen molar-refractivity contribution in [2.45, 2.75) is 51.9 Å². The van der Waals surface area contributed by atoms with Crippen LogP contribution >= 0.6 is 11.3 Å². The van der Waals surface area contributed by atoms with Gasteiger partial charge in [0.05, 0.1) is 18.7 Å². The molecule has 0 radical (unpaired) electrons. The highest BCUT2D eigenvalue weighted by molar-refractivity contribution is 7.15. The normalized spacial score (nSPS) is 16.3. The lowest BCUT2D eigenvalue weighted by Gasteiger charge is -2.07. The number of hydrogen-bond donors (Lipinski definition) is 1. The van der Waals surface area contributed by atoms with Gasteiger partial charge < -0.3 is 10.1 Å². The topological polar surface area (TPSA) is 68.3 Å². The first-order chi connectivity index (χ1) is 10.1. The highest BCUT2D eigenvalue weighted by Crippen LogP contribution is 2.28. The Bertz CT molecular complexity index is 488. The van der Waals surface area contributed by atoms with Gasteiger partial charge in [0.25, 0.3) is 0 Å². The Labute approximate surface area is 129 Å². The molecule has 0 aromatic carbocycles. The van der Waals surface area contributed by atoms with Gasteiger partial charge in [-0.2, -0.15) is 0 Å². The monoisotopic (exact) mass is 310 g/mol. The van der Waals surface area contributed by atoms with Crippen molar-refractivity contribution >= 4 is 28.3 Å². The summed E-state index contributed by atoms with van der Waals surface area (Å²) in [6, 6.07) is 0. The maximum absolute atomic E-state index is 11.9. The van der Waals surface area contributed by atoms with Gasteiger partial charge in [-0.3, -0.25) is 9.59 Å². The Morgan fingerprint density at radius 1 is 1.29 bits per heavy atom. The van der Waals surface area contributed by atoms with Gasteiger partial charge in [0.1, 0.15) is 0 Å². The molecule has 0 fully saturated rings. The van der Waals surface area contributed by atoms with E-state index in [4.69, 9.17) is 0 Å². The fourth-order valence-corrected chi connectivity index (χ4v) is 3.56. The van der Waals surface area contributed by atoms with Crippen LogP contribution in [0, 0.1) is 5.92 Å². The number of rotatable bonds is 4. The van der Waals surface area contributed by atoms with Gasteiger partial charge in [0, 0.05) is 11.3 Å². The van der Waals surface area contributed by atoms with Crippen LogP contribution in [0.15, 0.2) is 0 Å². The standard InChI is InChI=1S/C15H22N2O3S/c1-10(14(19)20-2)9-13(18)17-15-16-11-7-5-3-4-6-8-12(11)21-15/h10H,3-9H2,1-2H3,(H,16,17,18)/t10-/m1/s1. The predicted molar refractivity (Wildman–Crippen MR) is 82.4 cm³/mol. The van der Waals surface area contributed by atoms with Crippen LogP contribution in [0.3, 0.4) is 0 Å². The Morgan fingerprint density at radius 3 is 2.71 bits per heavy atom. The van der Waals surface area contributed by atoms with Crippen molar-refractivity contribution in [2.24, 2.45) is 5.92 Å². The summed E-state index contributed by atoms with van der Waals surface area (Å²) in [6.07, 6.45) is 7.08. The van der Waals surface area contributed by atoms with E-state index in [-0.39, 0.29) is 18.3 Å². The summed E-state index contributed by atoms with van der Waals surface area (Å²) in [5, 5.41) is 3.47. The molecule has 0 unspecified atom stereocenters. The minimum absolute atomic E-state index is 0.122. The Morgan fingerprint density at radius 2 is 2.00 bits per heavy atom. The van der Waals surface area contributed by atoms with Gasteiger partial charge in [0.15, 0.2) is 5.13 Å². The fraction of sp³-hybridized carbons (Fsp3) is 0.667. The van der Waals surface area contributed by atoms with E-state index in [2.05, 4.69) is 15.0 Å². The summed E-state index contributed by atoms with van der Waals surface area (Å²) in [6.45, 7) is 1.69. The van der Waals surface area contributed by atoms with Crippen molar-refractivity contribution in [1.29, 1.82) is 0 Å². The molecule has 0 bridgehead atoms. The third kappa shape index (κ3) is 4.52. The van der Waals surface area contributed by atoms with Crippen LogP contribution in [-0.4, -0.2) is 24.0 Å². The molecular formula is C15H22N2O3S.